The van der Waals surface area contributed by atoms with E-state index >= 15 is 0 Å². The quantitative estimate of drug-likeness (QED) is 0.275. The van der Waals surface area contributed by atoms with Gasteiger partial charge in [-0.3, -0.25) is 4.99 Å². The molecule has 1 heterocycles. The molecular weight excluding hydrogens is 502 g/mol. The van der Waals surface area contributed by atoms with Crippen LogP contribution in [0.4, 0.5) is 22.0 Å². The minimum absolute atomic E-state index is 0. The van der Waals surface area contributed by atoms with Crippen molar-refractivity contribution >= 4 is 41.3 Å². The minimum Gasteiger partial charge on any atom is -0.353 e. The zero-order chi connectivity index (χ0) is 18.9. The number of nitrogens with one attached hydrogen (secondary N) is 2. The average Bonchev–Trinajstić information content (AvgIpc) is 3.12. The Morgan fingerprint density at radius 3 is 2.52 bits per heavy atom. The van der Waals surface area contributed by atoms with Gasteiger partial charge in [0.05, 0.1) is 6.54 Å². The molecule has 148 valence electrons. The summed E-state index contributed by atoms with van der Waals surface area (Å²) in [6.45, 7) is 0.0614. The highest BCUT2D eigenvalue weighted by Gasteiger charge is 2.42. The van der Waals surface area contributed by atoms with Gasteiger partial charge in [0.1, 0.15) is 16.6 Å². The maximum atomic E-state index is 13.8. The van der Waals surface area contributed by atoms with Gasteiger partial charge in [-0.05, 0) is 18.6 Å². The molecule has 11 heteroatoms. The lowest BCUT2D eigenvalue weighted by molar-refractivity contribution is -0.140. The molecule has 3 rings (SSSR count). The molecule has 1 aliphatic rings. The van der Waals surface area contributed by atoms with Crippen LogP contribution in [0, 0.1) is 11.6 Å². The number of rotatable bonds is 4. The van der Waals surface area contributed by atoms with Crippen molar-refractivity contribution in [3.8, 4) is 0 Å². The molecule has 1 aliphatic carbocycles. The number of aliphatic imine (C=N–C) groups is 1. The summed E-state index contributed by atoms with van der Waals surface area (Å²) in [7, 11) is 1.50. The highest BCUT2D eigenvalue weighted by Crippen LogP contribution is 2.43. The Kier molecular flexibility index (Phi) is 7.00. The molecule has 0 spiro atoms. The first-order valence-corrected chi connectivity index (χ1v) is 8.60. The molecule has 27 heavy (non-hydrogen) atoms. The summed E-state index contributed by atoms with van der Waals surface area (Å²) in [5.41, 5.74) is -0.894. The van der Waals surface area contributed by atoms with Crippen LogP contribution >= 0.6 is 35.3 Å². The zero-order valence-corrected chi connectivity index (χ0v) is 17.1. The number of aromatic nitrogens is 1. The second kappa shape index (κ2) is 8.67. The monoisotopic (exact) mass is 518 g/mol. The first kappa shape index (κ1) is 21.8. The molecule has 2 aromatic rings. The van der Waals surface area contributed by atoms with Crippen LogP contribution < -0.4 is 10.6 Å². The lowest BCUT2D eigenvalue weighted by Gasteiger charge is -2.11. The molecule has 1 fully saturated rings. The van der Waals surface area contributed by atoms with Crippen molar-refractivity contribution in [2.45, 2.75) is 31.1 Å². The summed E-state index contributed by atoms with van der Waals surface area (Å²) in [5, 5.41) is 7.07. The fourth-order valence-electron chi connectivity index (χ4n) is 2.59. The number of halogens is 6. The predicted molar refractivity (Wildman–Crippen MR) is 103 cm³/mol. The summed E-state index contributed by atoms with van der Waals surface area (Å²) in [4.78, 5) is 7.49. The SMILES string of the molecule is CN=C(NCc1nc(C(F)(F)F)cs1)NC1CC1c1c(F)cccc1F.I. The average molecular weight is 518 g/mol. The maximum absolute atomic E-state index is 13.8. The first-order valence-electron chi connectivity index (χ1n) is 7.72. The third-order valence-electron chi connectivity index (χ3n) is 3.96. The fraction of sp³-hybridized carbons (Fsp3) is 0.375. The third-order valence-corrected chi connectivity index (χ3v) is 4.80. The molecule has 0 radical (unpaired) electrons. The van der Waals surface area contributed by atoms with E-state index in [1.807, 2.05) is 0 Å². The van der Waals surface area contributed by atoms with Gasteiger partial charge in [0.15, 0.2) is 11.7 Å². The van der Waals surface area contributed by atoms with E-state index in [4.69, 9.17) is 0 Å². The van der Waals surface area contributed by atoms with Crippen LogP contribution in [0.15, 0.2) is 28.6 Å². The second-order valence-electron chi connectivity index (χ2n) is 5.78. The Bertz CT molecular complexity index is 803. The van der Waals surface area contributed by atoms with Crippen LogP contribution in [-0.4, -0.2) is 24.0 Å². The lowest BCUT2D eigenvalue weighted by Crippen LogP contribution is -2.38. The van der Waals surface area contributed by atoms with Crippen molar-refractivity contribution in [1.82, 2.24) is 15.6 Å². The van der Waals surface area contributed by atoms with Gasteiger partial charge in [-0.25, -0.2) is 13.8 Å². The van der Waals surface area contributed by atoms with E-state index in [1.54, 1.807) is 0 Å². The van der Waals surface area contributed by atoms with Crippen LogP contribution in [0.1, 0.15) is 28.6 Å². The van der Waals surface area contributed by atoms with E-state index in [2.05, 4.69) is 20.6 Å². The Balaban J connectivity index is 0.00000261. The molecule has 2 atom stereocenters. The summed E-state index contributed by atoms with van der Waals surface area (Å²) in [6.07, 6.45) is -3.94. The molecule has 4 nitrogen and oxygen atoms in total. The Labute approximate surface area is 173 Å². The topological polar surface area (TPSA) is 49.3 Å². The van der Waals surface area contributed by atoms with Gasteiger partial charge < -0.3 is 10.6 Å². The van der Waals surface area contributed by atoms with Crippen LogP contribution in [0.25, 0.3) is 0 Å². The lowest BCUT2D eigenvalue weighted by atomic mass is 10.1. The number of guanidine groups is 1. The zero-order valence-electron chi connectivity index (χ0n) is 14.0. The molecule has 1 aromatic heterocycles. The van der Waals surface area contributed by atoms with E-state index < -0.39 is 23.5 Å². The van der Waals surface area contributed by atoms with Crippen molar-refractivity contribution in [2.75, 3.05) is 7.05 Å². The Hall–Kier alpha value is -1.50. The Morgan fingerprint density at radius 1 is 1.30 bits per heavy atom. The molecule has 0 bridgehead atoms. The molecule has 0 amide bonds. The van der Waals surface area contributed by atoms with Gasteiger partial charge in [0.25, 0.3) is 0 Å². The van der Waals surface area contributed by atoms with E-state index in [9.17, 15) is 22.0 Å². The van der Waals surface area contributed by atoms with Crippen LogP contribution in [0.3, 0.4) is 0 Å². The van der Waals surface area contributed by atoms with Crippen LogP contribution in [0.5, 0.6) is 0 Å². The van der Waals surface area contributed by atoms with E-state index in [1.165, 1.54) is 25.2 Å². The fourth-order valence-corrected chi connectivity index (χ4v) is 3.33. The summed E-state index contributed by atoms with van der Waals surface area (Å²) in [6, 6.07) is 3.53. The van der Waals surface area contributed by atoms with Crippen LogP contribution in [-0.2, 0) is 12.7 Å². The number of hydrogen-bond acceptors (Lipinski definition) is 3. The highest BCUT2D eigenvalue weighted by molar-refractivity contribution is 14.0. The normalized spacial score (nSPS) is 19.4. The molecule has 1 aromatic carbocycles. The van der Waals surface area contributed by atoms with Crippen molar-refractivity contribution in [3.05, 3.63) is 51.5 Å². The third kappa shape index (κ3) is 5.27. The number of alkyl halides is 3. The van der Waals surface area contributed by atoms with Crippen molar-refractivity contribution in [3.63, 3.8) is 0 Å². The van der Waals surface area contributed by atoms with Gasteiger partial charge >= 0.3 is 6.18 Å². The second-order valence-corrected chi connectivity index (χ2v) is 6.72. The van der Waals surface area contributed by atoms with Crippen molar-refractivity contribution in [1.29, 1.82) is 0 Å². The molecule has 0 aliphatic heterocycles. The van der Waals surface area contributed by atoms with E-state index in [0.29, 0.717) is 12.4 Å². The van der Waals surface area contributed by atoms with Gasteiger partial charge in [-0.1, -0.05) is 6.07 Å². The van der Waals surface area contributed by atoms with Crippen molar-refractivity contribution in [2.24, 2.45) is 4.99 Å². The summed E-state index contributed by atoms with van der Waals surface area (Å²) < 4.78 is 65.2. The van der Waals surface area contributed by atoms with Gasteiger partial charge in [0, 0.05) is 30.0 Å². The minimum atomic E-state index is -4.47. The smallest absolute Gasteiger partial charge is 0.353 e. The van der Waals surface area contributed by atoms with Crippen LogP contribution in [0.2, 0.25) is 0 Å². The summed E-state index contributed by atoms with van der Waals surface area (Å²) >= 11 is 0.889. The van der Waals surface area contributed by atoms with E-state index in [-0.39, 0.29) is 53.1 Å². The number of benzene rings is 1. The first-order chi connectivity index (χ1) is 12.3. The number of hydrogen-bond donors (Lipinski definition) is 2. The Morgan fingerprint density at radius 2 is 1.96 bits per heavy atom. The maximum Gasteiger partial charge on any atom is 0.434 e. The summed E-state index contributed by atoms with van der Waals surface area (Å²) in [5.74, 6) is -1.17. The molecular formula is C16H16F5IN4S. The highest BCUT2D eigenvalue weighted by atomic mass is 127. The molecule has 2 unspecified atom stereocenters. The number of nitrogens with zero attached hydrogens (tertiary/aromatic N) is 2. The molecule has 0 saturated heterocycles. The molecule has 1 saturated carbocycles. The van der Waals surface area contributed by atoms with E-state index in [0.717, 1.165) is 16.7 Å². The van der Waals surface area contributed by atoms with Crippen molar-refractivity contribution < 1.29 is 22.0 Å². The largest absolute Gasteiger partial charge is 0.434 e. The standard InChI is InChI=1S/C16H15F5N4S.HI/c1-22-15(23-6-13-25-12(7-26-13)16(19,20)21)24-11-5-8(11)14-9(17)3-2-4-10(14)18;/h2-4,7-8,11H,5-6H2,1H3,(H2,22,23,24);1H. The molecule has 2 N–H and O–H groups in total. The van der Waals surface area contributed by atoms with Gasteiger partial charge in [0.2, 0.25) is 0 Å². The van der Waals surface area contributed by atoms with Gasteiger partial charge in [-0.2, -0.15) is 13.2 Å². The van der Waals surface area contributed by atoms with Gasteiger partial charge in [-0.15, -0.1) is 35.3 Å². The predicted octanol–water partition coefficient (Wildman–Crippen LogP) is 4.28. The number of thiazole rings is 1.